The summed E-state index contributed by atoms with van der Waals surface area (Å²) in [6.07, 6.45) is 1.36. The Kier molecular flexibility index (Phi) is 3.57. The van der Waals surface area contributed by atoms with Crippen LogP contribution in [-0.2, 0) is 4.79 Å². The van der Waals surface area contributed by atoms with Gasteiger partial charge in [0, 0.05) is 23.0 Å². The molecular formula is C16H14BrNO2. The average molecular weight is 332 g/mol. The van der Waals surface area contributed by atoms with Gasteiger partial charge in [-0.2, -0.15) is 0 Å². The highest BCUT2D eigenvalue weighted by atomic mass is 79.9. The fourth-order valence-electron chi connectivity index (χ4n) is 2.54. The van der Waals surface area contributed by atoms with Gasteiger partial charge in [-0.05, 0) is 41.5 Å². The summed E-state index contributed by atoms with van der Waals surface area (Å²) >= 11 is 3.44. The summed E-state index contributed by atoms with van der Waals surface area (Å²) in [5, 5.41) is 2.12. The van der Waals surface area contributed by atoms with Crippen LogP contribution in [-0.4, -0.2) is 29.7 Å². The Bertz CT molecular complexity index is 696. The monoisotopic (exact) mass is 331 g/mol. The Morgan fingerprint density at radius 3 is 2.65 bits per heavy atom. The molecule has 2 aromatic carbocycles. The molecule has 1 heterocycles. The fourth-order valence-corrected chi connectivity index (χ4v) is 2.92. The maximum absolute atomic E-state index is 12.4. The number of ketones is 1. The maximum Gasteiger partial charge on any atom is 0.254 e. The number of hydrogen-bond acceptors (Lipinski definition) is 2. The van der Waals surface area contributed by atoms with E-state index in [1.165, 1.54) is 0 Å². The molecule has 2 aromatic rings. The quantitative estimate of drug-likeness (QED) is 0.803. The predicted octanol–water partition coefficient (Wildman–Crippen LogP) is 3.41. The molecule has 1 aliphatic rings. The van der Waals surface area contributed by atoms with Crippen molar-refractivity contribution in [1.82, 2.24) is 4.90 Å². The zero-order chi connectivity index (χ0) is 14.1. The first-order chi connectivity index (χ1) is 9.63. The molecule has 1 saturated heterocycles. The van der Waals surface area contributed by atoms with E-state index in [2.05, 4.69) is 15.9 Å². The lowest BCUT2D eigenvalue weighted by Crippen LogP contribution is -2.40. The van der Waals surface area contributed by atoms with Crippen LogP contribution < -0.4 is 0 Å². The van der Waals surface area contributed by atoms with Gasteiger partial charge in [0.1, 0.15) is 0 Å². The van der Waals surface area contributed by atoms with Crippen molar-refractivity contribution >= 4 is 38.4 Å². The zero-order valence-electron chi connectivity index (χ0n) is 10.9. The van der Waals surface area contributed by atoms with Gasteiger partial charge in [0.15, 0.2) is 5.78 Å². The molecule has 20 heavy (non-hydrogen) atoms. The van der Waals surface area contributed by atoms with Crippen LogP contribution in [0, 0.1) is 0 Å². The normalized spacial score (nSPS) is 15.7. The van der Waals surface area contributed by atoms with Crippen LogP contribution in [0.1, 0.15) is 23.2 Å². The van der Waals surface area contributed by atoms with Crippen LogP contribution in [0.5, 0.6) is 0 Å². The second-order valence-electron chi connectivity index (χ2n) is 5.08. The second-order valence-corrected chi connectivity index (χ2v) is 5.99. The zero-order valence-corrected chi connectivity index (χ0v) is 12.5. The van der Waals surface area contributed by atoms with Gasteiger partial charge < -0.3 is 4.90 Å². The predicted molar refractivity (Wildman–Crippen MR) is 81.8 cm³/mol. The molecule has 0 bridgehead atoms. The third kappa shape index (κ3) is 2.61. The van der Waals surface area contributed by atoms with E-state index in [-0.39, 0.29) is 18.2 Å². The Labute approximate surface area is 125 Å². The Hall–Kier alpha value is -1.68. The van der Waals surface area contributed by atoms with Crippen molar-refractivity contribution in [2.75, 3.05) is 13.1 Å². The molecule has 3 rings (SSSR count). The first-order valence-corrected chi connectivity index (χ1v) is 7.43. The highest BCUT2D eigenvalue weighted by Gasteiger charge is 2.22. The molecule has 0 radical (unpaired) electrons. The number of piperidine rings is 1. The number of carbonyl (C=O) groups is 2. The van der Waals surface area contributed by atoms with Crippen molar-refractivity contribution in [3.05, 3.63) is 46.4 Å². The molecule has 3 nitrogen and oxygen atoms in total. The number of carbonyl (C=O) groups excluding carboxylic acids is 2. The third-order valence-corrected chi connectivity index (χ3v) is 4.08. The summed E-state index contributed by atoms with van der Waals surface area (Å²) in [6, 6.07) is 11.6. The van der Waals surface area contributed by atoms with Crippen LogP contribution in [0.4, 0.5) is 0 Å². The third-order valence-electron chi connectivity index (χ3n) is 3.59. The molecular weight excluding hydrogens is 318 g/mol. The lowest BCUT2D eigenvalue weighted by atomic mass is 10.0. The highest BCUT2D eigenvalue weighted by Crippen LogP contribution is 2.22. The summed E-state index contributed by atoms with van der Waals surface area (Å²) in [4.78, 5) is 25.5. The van der Waals surface area contributed by atoms with E-state index in [4.69, 9.17) is 0 Å². The van der Waals surface area contributed by atoms with Crippen molar-refractivity contribution in [3.63, 3.8) is 0 Å². The molecule has 0 aliphatic carbocycles. The van der Waals surface area contributed by atoms with E-state index in [1.54, 1.807) is 4.90 Å². The van der Waals surface area contributed by atoms with E-state index in [1.807, 2.05) is 36.4 Å². The van der Waals surface area contributed by atoms with Gasteiger partial charge in [-0.15, -0.1) is 0 Å². The molecule has 1 amide bonds. The summed E-state index contributed by atoms with van der Waals surface area (Å²) in [5.41, 5.74) is 0.648. The first kappa shape index (κ1) is 13.3. The SMILES string of the molecule is O=C1CCCN(C(=O)c2ccc3cc(Br)ccc3c2)C1. The minimum atomic E-state index is -0.0529. The standard InChI is InChI=1S/C16H14BrNO2/c17-14-6-5-11-8-13(4-3-12(11)9-14)16(20)18-7-1-2-15(19)10-18/h3-6,8-9H,1-2,7,10H2. The van der Waals surface area contributed by atoms with Gasteiger partial charge in [-0.25, -0.2) is 0 Å². The Balaban J connectivity index is 1.91. The molecule has 0 N–H and O–H groups in total. The molecule has 0 saturated carbocycles. The molecule has 4 heteroatoms. The molecule has 1 aliphatic heterocycles. The number of benzene rings is 2. The molecule has 0 aromatic heterocycles. The maximum atomic E-state index is 12.4. The van der Waals surface area contributed by atoms with Crippen LogP contribution in [0.15, 0.2) is 40.9 Å². The smallest absolute Gasteiger partial charge is 0.254 e. The Morgan fingerprint density at radius 2 is 1.85 bits per heavy atom. The van der Waals surface area contributed by atoms with Crippen LogP contribution >= 0.6 is 15.9 Å². The number of likely N-dealkylation sites (tertiary alicyclic amines) is 1. The molecule has 0 spiro atoms. The minimum absolute atomic E-state index is 0.0529. The lowest BCUT2D eigenvalue weighted by molar-refractivity contribution is -0.121. The van der Waals surface area contributed by atoms with E-state index in [9.17, 15) is 9.59 Å². The second kappa shape index (κ2) is 5.37. The number of Topliss-reactive ketones (excluding diaryl/α,β-unsaturated/α-hetero) is 1. The van der Waals surface area contributed by atoms with Gasteiger partial charge in [-0.1, -0.05) is 28.1 Å². The van der Waals surface area contributed by atoms with E-state index in [0.29, 0.717) is 18.5 Å². The number of amides is 1. The largest absolute Gasteiger partial charge is 0.331 e. The number of fused-ring (bicyclic) bond motifs is 1. The molecule has 1 fully saturated rings. The highest BCUT2D eigenvalue weighted by molar-refractivity contribution is 9.10. The van der Waals surface area contributed by atoms with Crippen molar-refractivity contribution in [2.45, 2.75) is 12.8 Å². The van der Waals surface area contributed by atoms with Gasteiger partial charge in [0.25, 0.3) is 5.91 Å². The van der Waals surface area contributed by atoms with Crippen LogP contribution in [0.3, 0.4) is 0 Å². The average Bonchev–Trinajstić information content (AvgIpc) is 2.46. The van der Waals surface area contributed by atoms with Gasteiger partial charge in [0.2, 0.25) is 0 Å². The number of rotatable bonds is 1. The summed E-state index contributed by atoms with van der Waals surface area (Å²) in [6.45, 7) is 0.917. The van der Waals surface area contributed by atoms with Gasteiger partial charge in [-0.3, -0.25) is 9.59 Å². The molecule has 102 valence electrons. The topological polar surface area (TPSA) is 37.4 Å². The van der Waals surface area contributed by atoms with Gasteiger partial charge >= 0.3 is 0 Å². The lowest BCUT2D eigenvalue weighted by Gasteiger charge is -2.25. The fraction of sp³-hybridized carbons (Fsp3) is 0.250. The van der Waals surface area contributed by atoms with E-state index in [0.717, 1.165) is 21.7 Å². The molecule has 0 unspecified atom stereocenters. The van der Waals surface area contributed by atoms with Crippen molar-refractivity contribution in [1.29, 1.82) is 0 Å². The van der Waals surface area contributed by atoms with Crippen molar-refractivity contribution < 1.29 is 9.59 Å². The molecule has 0 atom stereocenters. The van der Waals surface area contributed by atoms with Crippen molar-refractivity contribution in [3.8, 4) is 0 Å². The van der Waals surface area contributed by atoms with Crippen molar-refractivity contribution in [2.24, 2.45) is 0 Å². The summed E-state index contributed by atoms with van der Waals surface area (Å²) in [7, 11) is 0. The van der Waals surface area contributed by atoms with Crippen LogP contribution in [0.25, 0.3) is 10.8 Å². The minimum Gasteiger partial charge on any atom is -0.331 e. The van der Waals surface area contributed by atoms with E-state index >= 15 is 0 Å². The van der Waals surface area contributed by atoms with Crippen LogP contribution in [0.2, 0.25) is 0 Å². The summed E-state index contributed by atoms with van der Waals surface area (Å²) < 4.78 is 1.02. The van der Waals surface area contributed by atoms with Gasteiger partial charge in [0.05, 0.1) is 6.54 Å². The Morgan fingerprint density at radius 1 is 1.10 bits per heavy atom. The number of nitrogens with zero attached hydrogens (tertiary/aromatic N) is 1. The number of hydrogen-bond donors (Lipinski definition) is 0. The first-order valence-electron chi connectivity index (χ1n) is 6.64. The van der Waals surface area contributed by atoms with E-state index < -0.39 is 0 Å². The number of halogens is 1. The summed E-state index contributed by atoms with van der Waals surface area (Å²) in [5.74, 6) is 0.0946.